The largest absolute Gasteiger partial charge is 0.378 e. The molecule has 0 amide bonds. The Bertz CT molecular complexity index is 683. The molecule has 6 heteroatoms. The summed E-state index contributed by atoms with van der Waals surface area (Å²) in [4.78, 5) is 10.7. The number of benzene rings is 1. The molecular weight excluding hydrogens is 324 g/mol. The minimum absolute atomic E-state index is 0.204. The number of rotatable bonds is 3. The molecule has 2 aromatic rings. The Balaban J connectivity index is 1.57. The fraction of sp³-hybridized carbons (Fsp3) is 0.500. The van der Waals surface area contributed by atoms with Crippen molar-refractivity contribution in [2.75, 3.05) is 32.8 Å². The number of morpholine rings is 1. The first kappa shape index (κ1) is 16.1. The van der Waals surface area contributed by atoms with Gasteiger partial charge in [0.05, 0.1) is 31.1 Å². The van der Waals surface area contributed by atoms with E-state index in [0.717, 1.165) is 48.3 Å². The Hall–Kier alpha value is -1.40. The van der Waals surface area contributed by atoms with Gasteiger partial charge >= 0.3 is 0 Å². The molecule has 0 radical (unpaired) electrons. The molecule has 0 aliphatic carbocycles. The lowest BCUT2D eigenvalue weighted by molar-refractivity contribution is -0.0387. The van der Waals surface area contributed by atoms with E-state index < -0.39 is 0 Å². The van der Waals surface area contributed by atoms with E-state index in [1.165, 1.54) is 12.8 Å². The molecule has 4 rings (SSSR count). The number of hydrogen-bond acceptors (Lipinski definition) is 4. The van der Waals surface area contributed by atoms with Gasteiger partial charge in [0.1, 0.15) is 5.82 Å². The summed E-state index contributed by atoms with van der Waals surface area (Å²) in [5.41, 5.74) is 2.06. The maximum atomic E-state index is 6.11. The topological polar surface area (TPSA) is 53.2 Å². The second-order valence-corrected chi connectivity index (χ2v) is 6.94. The predicted molar refractivity (Wildman–Crippen MR) is 95.2 cm³/mol. The fourth-order valence-electron chi connectivity index (χ4n) is 3.74. The van der Waals surface area contributed by atoms with Gasteiger partial charge in [-0.15, -0.1) is 0 Å². The van der Waals surface area contributed by atoms with Crippen LogP contribution in [0.4, 0.5) is 0 Å². The lowest BCUT2D eigenvalue weighted by Crippen LogP contribution is -2.49. The van der Waals surface area contributed by atoms with Crippen LogP contribution in [0.3, 0.4) is 0 Å². The third-order valence-corrected chi connectivity index (χ3v) is 5.23. The normalized spacial score (nSPS) is 23.5. The quantitative estimate of drug-likeness (QED) is 0.897. The minimum Gasteiger partial charge on any atom is -0.378 e. The number of imidazole rings is 1. The number of nitrogens with one attached hydrogen (secondary N) is 2. The van der Waals surface area contributed by atoms with E-state index in [9.17, 15) is 0 Å². The molecule has 5 nitrogen and oxygen atoms in total. The van der Waals surface area contributed by atoms with E-state index in [0.29, 0.717) is 12.6 Å². The number of hydrogen-bond donors (Lipinski definition) is 2. The van der Waals surface area contributed by atoms with Gasteiger partial charge in [-0.1, -0.05) is 23.7 Å². The highest BCUT2D eigenvalue weighted by atomic mass is 35.5. The second-order valence-electron chi connectivity index (χ2n) is 6.50. The van der Waals surface area contributed by atoms with Crippen molar-refractivity contribution in [2.45, 2.75) is 24.9 Å². The Morgan fingerprint density at radius 2 is 2.12 bits per heavy atom. The van der Waals surface area contributed by atoms with Gasteiger partial charge in [-0.05, 0) is 38.1 Å². The van der Waals surface area contributed by atoms with Crippen LogP contribution in [0.2, 0.25) is 5.02 Å². The number of halogens is 1. The molecule has 1 aromatic heterocycles. The van der Waals surface area contributed by atoms with E-state index in [1.807, 2.05) is 30.5 Å². The Morgan fingerprint density at radius 3 is 2.96 bits per heavy atom. The van der Waals surface area contributed by atoms with Crippen molar-refractivity contribution in [3.8, 4) is 11.3 Å². The van der Waals surface area contributed by atoms with Crippen LogP contribution in [0.25, 0.3) is 11.3 Å². The van der Waals surface area contributed by atoms with E-state index >= 15 is 0 Å². The highest BCUT2D eigenvalue weighted by Gasteiger charge is 2.32. The van der Waals surface area contributed by atoms with Crippen LogP contribution >= 0.6 is 11.6 Å². The molecule has 2 fully saturated rings. The highest BCUT2D eigenvalue weighted by Crippen LogP contribution is 2.29. The van der Waals surface area contributed by atoms with Crippen LogP contribution in [0.5, 0.6) is 0 Å². The van der Waals surface area contributed by atoms with E-state index in [4.69, 9.17) is 16.3 Å². The Kier molecular flexibility index (Phi) is 4.85. The maximum absolute atomic E-state index is 6.11. The van der Waals surface area contributed by atoms with Crippen molar-refractivity contribution in [3.05, 3.63) is 41.3 Å². The summed E-state index contributed by atoms with van der Waals surface area (Å²) in [6.07, 6.45) is 4.28. The van der Waals surface area contributed by atoms with E-state index in [1.54, 1.807) is 0 Å². The second kappa shape index (κ2) is 7.23. The molecule has 128 valence electrons. The van der Waals surface area contributed by atoms with Crippen molar-refractivity contribution in [2.24, 2.45) is 0 Å². The number of nitrogens with zero attached hydrogens (tertiary/aromatic N) is 2. The maximum Gasteiger partial charge on any atom is 0.126 e. The number of H-pyrrole nitrogens is 1. The lowest BCUT2D eigenvalue weighted by atomic mass is 10.0. The minimum atomic E-state index is 0.204. The van der Waals surface area contributed by atoms with Crippen LogP contribution in [-0.2, 0) is 4.74 Å². The molecule has 1 unspecified atom stereocenters. The molecule has 2 N–H and O–H groups in total. The summed E-state index contributed by atoms with van der Waals surface area (Å²) >= 11 is 6.11. The number of ether oxygens (including phenoxy) is 1. The zero-order valence-corrected chi connectivity index (χ0v) is 14.4. The third-order valence-electron chi connectivity index (χ3n) is 4.99. The average Bonchev–Trinajstić information content (AvgIpc) is 3.12. The molecule has 24 heavy (non-hydrogen) atoms. The first-order chi connectivity index (χ1) is 11.8. The summed E-state index contributed by atoms with van der Waals surface area (Å²) < 4.78 is 5.75. The third kappa shape index (κ3) is 3.35. The van der Waals surface area contributed by atoms with Crippen molar-refractivity contribution in [1.82, 2.24) is 20.2 Å². The monoisotopic (exact) mass is 346 g/mol. The van der Waals surface area contributed by atoms with E-state index in [-0.39, 0.29) is 6.04 Å². The van der Waals surface area contributed by atoms with Crippen LogP contribution in [0.15, 0.2) is 30.5 Å². The van der Waals surface area contributed by atoms with Gasteiger partial charge in [-0.3, -0.25) is 4.90 Å². The van der Waals surface area contributed by atoms with Crippen molar-refractivity contribution in [3.63, 3.8) is 0 Å². The van der Waals surface area contributed by atoms with Crippen molar-refractivity contribution < 1.29 is 4.74 Å². The summed E-state index contributed by atoms with van der Waals surface area (Å²) in [5, 5.41) is 4.18. The van der Waals surface area contributed by atoms with Gasteiger partial charge in [0.25, 0.3) is 0 Å². The molecule has 3 heterocycles. The van der Waals surface area contributed by atoms with Gasteiger partial charge in [0, 0.05) is 23.2 Å². The highest BCUT2D eigenvalue weighted by molar-refractivity contribution is 6.30. The smallest absolute Gasteiger partial charge is 0.126 e. The van der Waals surface area contributed by atoms with Gasteiger partial charge in [0.2, 0.25) is 0 Å². The summed E-state index contributed by atoms with van der Waals surface area (Å²) in [6, 6.07) is 8.67. The fourth-order valence-corrected chi connectivity index (χ4v) is 3.93. The molecule has 2 aliphatic heterocycles. The van der Waals surface area contributed by atoms with Crippen LogP contribution in [0, 0.1) is 0 Å². The van der Waals surface area contributed by atoms with Gasteiger partial charge in [-0.25, -0.2) is 4.98 Å². The molecule has 0 spiro atoms. The first-order valence-corrected chi connectivity index (χ1v) is 9.04. The lowest BCUT2D eigenvalue weighted by Gasteiger charge is -2.41. The standard InChI is InChI=1S/C18H23ClN4O/c19-14-3-1-2-13(10-14)16-11-21-18(22-16)17-12-24-9-8-23(17)15-4-6-20-7-5-15/h1-3,10-11,15,17,20H,4-9,12H2,(H,21,22). The molecule has 0 bridgehead atoms. The SMILES string of the molecule is Clc1cccc(-c2cnc(C3COCCN3C3CCNCC3)[nH]2)c1. The molecule has 0 saturated carbocycles. The predicted octanol–water partition coefficient (Wildman–Crippen LogP) is 2.86. The number of piperidine rings is 1. The first-order valence-electron chi connectivity index (χ1n) is 8.66. The summed E-state index contributed by atoms with van der Waals surface area (Å²) in [5.74, 6) is 0.989. The molecule has 2 saturated heterocycles. The molecule has 1 aromatic carbocycles. The zero-order valence-electron chi connectivity index (χ0n) is 13.7. The number of aromatic nitrogens is 2. The van der Waals surface area contributed by atoms with E-state index in [2.05, 4.69) is 20.2 Å². The van der Waals surface area contributed by atoms with Gasteiger partial charge < -0.3 is 15.0 Å². The van der Waals surface area contributed by atoms with Crippen LogP contribution < -0.4 is 5.32 Å². The Morgan fingerprint density at radius 1 is 1.25 bits per heavy atom. The summed E-state index contributed by atoms with van der Waals surface area (Å²) in [7, 11) is 0. The molecule has 1 atom stereocenters. The zero-order chi connectivity index (χ0) is 16.4. The van der Waals surface area contributed by atoms with Gasteiger partial charge in [-0.2, -0.15) is 0 Å². The van der Waals surface area contributed by atoms with Gasteiger partial charge in [0.15, 0.2) is 0 Å². The molecule has 2 aliphatic rings. The van der Waals surface area contributed by atoms with Crippen LogP contribution in [-0.4, -0.2) is 53.8 Å². The molecular formula is C18H23ClN4O. The Labute approximate surface area is 147 Å². The number of aromatic amines is 1. The van der Waals surface area contributed by atoms with Crippen LogP contribution in [0.1, 0.15) is 24.7 Å². The summed E-state index contributed by atoms with van der Waals surface area (Å²) in [6.45, 7) is 4.68. The van der Waals surface area contributed by atoms with Crippen molar-refractivity contribution >= 4 is 11.6 Å². The van der Waals surface area contributed by atoms with Crippen molar-refractivity contribution in [1.29, 1.82) is 0 Å². The average molecular weight is 347 g/mol.